The van der Waals surface area contributed by atoms with Crippen LogP contribution in [0.25, 0.3) is 0 Å². The zero-order valence-corrected chi connectivity index (χ0v) is 16.3. The first-order valence-electron chi connectivity index (χ1n) is 9.73. The maximum absolute atomic E-state index is 13.3. The lowest BCUT2D eigenvalue weighted by Gasteiger charge is -2.24. The second kappa shape index (κ2) is 7.98. The Hall–Kier alpha value is -2.92. The highest BCUT2D eigenvalue weighted by atomic mass is 16.2. The van der Waals surface area contributed by atoms with Gasteiger partial charge in [0.2, 0.25) is 5.91 Å². The zero-order chi connectivity index (χ0) is 19.5. The molecule has 0 radical (unpaired) electrons. The number of hydrogen-bond acceptors (Lipinski definition) is 3. The van der Waals surface area contributed by atoms with E-state index in [1.807, 2.05) is 37.6 Å². The van der Waals surface area contributed by atoms with E-state index in [-0.39, 0.29) is 23.8 Å². The summed E-state index contributed by atoms with van der Waals surface area (Å²) in [7, 11) is 1.91. The van der Waals surface area contributed by atoms with Gasteiger partial charge in [-0.25, -0.2) is 0 Å². The van der Waals surface area contributed by atoms with Crippen molar-refractivity contribution in [2.75, 3.05) is 13.1 Å². The lowest BCUT2D eigenvalue weighted by atomic mass is 9.89. The minimum absolute atomic E-state index is 0.0771. The Bertz CT molecular complexity index is 933. The standard InChI is InChI=1S/C23H26N4O/c1-16-8-10-18(11-9-16)22(17-6-4-3-5-7-17)26-23(28)21-14-24-13-20(21)19-12-25-27(2)15-19/h3-12,15,20-22,24H,13-14H2,1-2H3,(H,26,28)/t20-,21+,22?/m1/s1. The Balaban J connectivity index is 1.59. The normalized spacial score (nSPS) is 20.1. The molecule has 1 aliphatic rings. The van der Waals surface area contributed by atoms with Gasteiger partial charge in [0.15, 0.2) is 0 Å². The number of amides is 1. The van der Waals surface area contributed by atoms with Crippen molar-refractivity contribution in [3.63, 3.8) is 0 Å². The van der Waals surface area contributed by atoms with E-state index in [0.29, 0.717) is 6.54 Å². The second-order valence-electron chi connectivity index (χ2n) is 7.58. The largest absolute Gasteiger partial charge is 0.345 e. The van der Waals surface area contributed by atoms with Gasteiger partial charge in [-0.3, -0.25) is 9.48 Å². The summed E-state index contributed by atoms with van der Waals surface area (Å²) in [5.74, 6) is 0.109. The van der Waals surface area contributed by atoms with E-state index in [4.69, 9.17) is 0 Å². The lowest BCUT2D eigenvalue weighted by molar-refractivity contribution is -0.125. The molecule has 1 aromatic heterocycles. The molecule has 2 heterocycles. The number of aromatic nitrogens is 2. The van der Waals surface area contributed by atoms with Crippen molar-refractivity contribution in [1.29, 1.82) is 0 Å². The fourth-order valence-corrected chi connectivity index (χ4v) is 3.95. The monoisotopic (exact) mass is 374 g/mol. The number of hydrogen-bond donors (Lipinski definition) is 2. The van der Waals surface area contributed by atoms with E-state index >= 15 is 0 Å². The summed E-state index contributed by atoms with van der Waals surface area (Å²) in [6, 6.07) is 18.4. The first-order valence-corrected chi connectivity index (χ1v) is 9.73. The van der Waals surface area contributed by atoms with Gasteiger partial charge in [-0.2, -0.15) is 5.10 Å². The first-order chi connectivity index (χ1) is 13.6. The molecule has 4 rings (SSSR count). The minimum atomic E-state index is -0.163. The van der Waals surface area contributed by atoms with Crippen molar-refractivity contribution >= 4 is 5.91 Å². The SMILES string of the molecule is Cc1ccc(C(NC(=O)[C@H]2CNC[C@@H]2c2cnn(C)c2)c2ccccc2)cc1. The predicted molar refractivity (Wildman–Crippen MR) is 110 cm³/mol. The maximum atomic E-state index is 13.3. The number of nitrogens with one attached hydrogen (secondary N) is 2. The summed E-state index contributed by atoms with van der Waals surface area (Å²) < 4.78 is 1.79. The van der Waals surface area contributed by atoms with Gasteiger partial charge in [-0.1, -0.05) is 60.2 Å². The van der Waals surface area contributed by atoms with Crippen LogP contribution in [0.2, 0.25) is 0 Å². The minimum Gasteiger partial charge on any atom is -0.345 e. The summed E-state index contributed by atoms with van der Waals surface area (Å²) in [5, 5.41) is 11.0. The molecule has 28 heavy (non-hydrogen) atoms. The van der Waals surface area contributed by atoms with Crippen molar-refractivity contribution in [2.24, 2.45) is 13.0 Å². The molecule has 0 aliphatic carbocycles. The summed E-state index contributed by atoms with van der Waals surface area (Å²) in [6.45, 7) is 3.55. The van der Waals surface area contributed by atoms with E-state index < -0.39 is 0 Å². The van der Waals surface area contributed by atoms with Crippen LogP contribution in [-0.4, -0.2) is 28.8 Å². The fraction of sp³-hybridized carbons (Fsp3) is 0.304. The molecule has 144 valence electrons. The molecule has 0 bridgehead atoms. The number of aryl methyl sites for hydroxylation is 2. The van der Waals surface area contributed by atoms with E-state index in [0.717, 1.165) is 23.2 Å². The third kappa shape index (κ3) is 3.85. The highest BCUT2D eigenvalue weighted by molar-refractivity contribution is 5.81. The molecular formula is C23H26N4O. The van der Waals surface area contributed by atoms with Gasteiger partial charge in [-0.05, 0) is 23.6 Å². The van der Waals surface area contributed by atoms with Gasteiger partial charge in [0.1, 0.15) is 0 Å². The number of benzene rings is 2. The fourth-order valence-electron chi connectivity index (χ4n) is 3.95. The van der Waals surface area contributed by atoms with E-state index in [1.54, 1.807) is 4.68 Å². The number of carbonyl (C=O) groups excluding carboxylic acids is 1. The Morgan fingerprint density at radius 1 is 1.11 bits per heavy atom. The lowest BCUT2D eigenvalue weighted by Crippen LogP contribution is -2.37. The summed E-state index contributed by atoms with van der Waals surface area (Å²) in [5.41, 5.74) is 4.50. The summed E-state index contributed by atoms with van der Waals surface area (Å²) in [4.78, 5) is 13.3. The Labute approximate surface area is 165 Å². The second-order valence-corrected chi connectivity index (χ2v) is 7.58. The maximum Gasteiger partial charge on any atom is 0.225 e. The van der Waals surface area contributed by atoms with Crippen LogP contribution in [0.1, 0.15) is 34.2 Å². The van der Waals surface area contributed by atoms with Gasteiger partial charge >= 0.3 is 0 Å². The molecule has 5 heteroatoms. The average Bonchev–Trinajstić information content (AvgIpc) is 3.36. The van der Waals surface area contributed by atoms with Crippen LogP contribution in [0.3, 0.4) is 0 Å². The van der Waals surface area contributed by atoms with E-state index in [2.05, 4.69) is 59.1 Å². The van der Waals surface area contributed by atoms with Crippen molar-refractivity contribution in [2.45, 2.75) is 18.9 Å². The van der Waals surface area contributed by atoms with Crippen molar-refractivity contribution in [3.05, 3.63) is 89.2 Å². The Morgan fingerprint density at radius 2 is 1.82 bits per heavy atom. The molecule has 2 aromatic carbocycles. The van der Waals surface area contributed by atoms with Crippen LogP contribution < -0.4 is 10.6 Å². The molecule has 1 unspecified atom stereocenters. The highest BCUT2D eigenvalue weighted by Crippen LogP contribution is 2.30. The van der Waals surface area contributed by atoms with Crippen LogP contribution in [0.4, 0.5) is 0 Å². The molecule has 5 nitrogen and oxygen atoms in total. The molecule has 1 amide bonds. The molecule has 3 aromatic rings. The average molecular weight is 374 g/mol. The molecular weight excluding hydrogens is 348 g/mol. The Morgan fingerprint density at radius 3 is 2.50 bits per heavy atom. The molecule has 2 N–H and O–H groups in total. The predicted octanol–water partition coefficient (Wildman–Crippen LogP) is 2.94. The van der Waals surface area contributed by atoms with Crippen LogP contribution in [-0.2, 0) is 11.8 Å². The first kappa shape index (κ1) is 18.4. The molecule has 0 spiro atoms. The number of rotatable bonds is 5. The smallest absolute Gasteiger partial charge is 0.225 e. The molecule has 3 atom stereocenters. The summed E-state index contributed by atoms with van der Waals surface area (Å²) in [6.07, 6.45) is 3.87. The van der Waals surface area contributed by atoms with Crippen molar-refractivity contribution < 1.29 is 4.79 Å². The van der Waals surface area contributed by atoms with E-state index in [1.165, 1.54) is 5.56 Å². The van der Waals surface area contributed by atoms with Crippen LogP contribution in [0, 0.1) is 12.8 Å². The van der Waals surface area contributed by atoms with Gasteiger partial charge in [0.05, 0.1) is 18.2 Å². The topological polar surface area (TPSA) is 59.0 Å². The summed E-state index contributed by atoms with van der Waals surface area (Å²) >= 11 is 0. The van der Waals surface area contributed by atoms with Gasteiger partial charge in [-0.15, -0.1) is 0 Å². The van der Waals surface area contributed by atoms with Gasteiger partial charge in [0.25, 0.3) is 0 Å². The molecule has 1 aliphatic heterocycles. The number of carbonyl (C=O) groups is 1. The van der Waals surface area contributed by atoms with Crippen LogP contribution in [0.15, 0.2) is 67.0 Å². The highest BCUT2D eigenvalue weighted by Gasteiger charge is 2.35. The van der Waals surface area contributed by atoms with Gasteiger partial charge in [0, 0.05) is 32.3 Å². The third-order valence-corrected chi connectivity index (χ3v) is 5.53. The quantitative estimate of drug-likeness (QED) is 0.722. The molecule has 1 fully saturated rings. The third-order valence-electron chi connectivity index (χ3n) is 5.53. The number of nitrogens with zero attached hydrogens (tertiary/aromatic N) is 2. The van der Waals surface area contributed by atoms with Gasteiger partial charge < -0.3 is 10.6 Å². The van der Waals surface area contributed by atoms with E-state index in [9.17, 15) is 4.79 Å². The zero-order valence-electron chi connectivity index (χ0n) is 16.3. The molecule has 1 saturated heterocycles. The van der Waals surface area contributed by atoms with Crippen molar-refractivity contribution in [3.8, 4) is 0 Å². The van der Waals surface area contributed by atoms with Crippen LogP contribution in [0.5, 0.6) is 0 Å². The molecule has 0 saturated carbocycles. The Kier molecular flexibility index (Phi) is 5.26. The van der Waals surface area contributed by atoms with Crippen molar-refractivity contribution in [1.82, 2.24) is 20.4 Å². The van der Waals surface area contributed by atoms with Crippen LogP contribution >= 0.6 is 0 Å².